The van der Waals surface area contributed by atoms with Crippen molar-refractivity contribution in [2.75, 3.05) is 5.32 Å². The van der Waals surface area contributed by atoms with Crippen LogP contribution in [0.1, 0.15) is 12.5 Å². The van der Waals surface area contributed by atoms with Gasteiger partial charge in [0.2, 0.25) is 5.91 Å². The molecule has 10 heteroatoms. The fraction of sp³-hybridized carbons (Fsp3) is 0.211. The molecule has 1 unspecified atom stereocenters. The summed E-state index contributed by atoms with van der Waals surface area (Å²) in [5.74, 6) is -2.78. The monoisotopic (exact) mass is 436 g/mol. The third-order valence-electron chi connectivity index (χ3n) is 3.91. The summed E-state index contributed by atoms with van der Waals surface area (Å²) >= 11 is 1.60. The quantitative estimate of drug-likeness (QED) is 0.521. The first-order valence-electron chi connectivity index (χ1n) is 8.64. The summed E-state index contributed by atoms with van der Waals surface area (Å²) in [6.07, 6.45) is 0. The number of amides is 1. The number of halogens is 2. The number of aromatic amines is 1. The SMILES string of the molecule is CC(Sc1n[nH]c(=O)n1Cc1ccccc1)C(=O)Nc1ccc(SC(F)F)cc1. The van der Waals surface area contributed by atoms with Crippen LogP contribution in [0.3, 0.4) is 0 Å². The number of H-pyrrole nitrogens is 1. The van der Waals surface area contributed by atoms with Gasteiger partial charge in [-0.1, -0.05) is 53.9 Å². The minimum absolute atomic E-state index is 0.286. The van der Waals surface area contributed by atoms with Gasteiger partial charge in [0.05, 0.1) is 11.8 Å². The second-order valence-electron chi connectivity index (χ2n) is 6.04. The Bertz CT molecular complexity index is 1010. The zero-order valence-electron chi connectivity index (χ0n) is 15.3. The summed E-state index contributed by atoms with van der Waals surface area (Å²) in [5, 5.41) is 9.04. The lowest BCUT2D eigenvalue weighted by atomic mass is 10.2. The number of carbonyl (C=O) groups excluding carboxylic acids is 1. The summed E-state index contributed by atoms with van der Waals surface area (Å²) in [4.78, 5) is 25.0. The molecule has 152 valence electrons. The Morgan fingerprint density at radius 3 is 2.48 bits per heavy atom. The number of nitrogens with zero attached hydrogens (tertiary/aromatic N) is 2. The molecule has 3 rings (SSSR count). The molecule has 0 aliphatic carbocycles. The number of benzene rings is 2. The largest absolute Gasteiger partial charge is 0.344 e. The van der Waals surface area contributed by atoms with Gasteiger partial charge in [-0.2, -0.15) is 8.78 Å². The number of anilines is 1. The van der Waals surface area contributed by atoms with Gasteiger partial charge in [0.1, 0.15) is 0 Å². The van der Waals surface area contributed by atoms with Crippen molar-refractivity contribution in [2.24, 2.45) is 0 Å². The van der Waals surface area contributed by atoms with Crippen molar-refractivity contribution in [3.05, 3.63) is 70.6 Å². The van der Waals surface area contributed by atoms with E-state index in [1.807, 2.05) is 30.3 Å². The fourth-order valence-electron chi connectivity index (χ4n) is 2.47. The van der Waals surface area contributed by atoms with E-state index in [9.17, 15) is 18.4 Å². The summed E-state index contributed by atoms with van der Waals surface area (Å²) in [6, 6.07) is 15.6. The third kappa shape index (κ3) is 5.94. The van der Waals surface area contributed by atoms with E-state index in [1.54, 1.807) is 19.1 Å². The van der Waals surface area contributed by atoms with Gasteiger partial charge in [-0.3, -0.25) is 9.36 Å². The van der Waals surface area contributed by atoms with Crippen LogP contribution in [0.5, 0.6) is 0 Å². The van der Waals surface area contributed by atoms with Crippen LogP contribution in [0.25, 0.3) is 0 Å². The van der Waals surface area contributed by atoms with Crippen LogP contribution in [0.2, 0.25) is 0 Å². The molecule has 2 aromatic carbocycles. The molecule has 0 aliphatic heterocycles. The molecule has 0 saturated heterocycles. The minimum Gasteiger partial charge on any atom is -0.325 e. The number of hydrogen-bond donors (Lipinski definition) is 2. The Morgan fingerprint density at radius 2 is 1.83 bits per heavy atom. The molecule has 0 saturated carbocycles. The Kier molecular flexibility index (Phi) is 7.10. The minimum atomic E-state index is -2.49. The highest BCUT2D eigenvalue weighted by molar-refractivity contribution is 8.00. The van der Waals surface area contributed by atoms with Gasteiger partial charge in [-0.05, 0) is 36.8 Å². The van der Waals surface area contributed by atoms with E-state index in [0.717, 1.165) is 17.3 Å². The van der Waals surface area contributed by atoms with Crippen LogP contribution in [-0.2, 0) is 11.3 Å². The Morgan fingerprint density at radius 1 is 1.14 bits per heavy atom. The van der Waals surface area contributed by atoms with Crippen molar-refractivity contribution in [1.29, 1.82) is 0 Å². The standard InChI is InChI=1S/C19H18F2N4O2S2/c1-12(16(26)22-14-7-9-15(10-8-14)29-17(20)21)28-19-24-23-18(27)25(19)11-13-5-3-2-4-6-13/h2-10,12,17H,11H2,1H3,(H,22,26)(H,23,27). The van der Waals surface area contributed by atoms with Gasteiger partial charge in [0.25, 0.3) is 5.76 Å². The van der Waals surface area contributed by atoms with E-state index >= 15 is 0 Å². The second-order valence-corrected chi connectivity index (χ2v) is 8.41. The number of rotatable bonds is 8. The first-order chi connectivity index (χ1) is 13.9. The number of hydrogen-bond acceptors (Lipinski definition) is 5. The maximum absolute atomic E-state index is 12.5. The van der Waals surface area contributed by atoms with E-state index in [-0.39, 0.29) is 11.6 Å². The smallest absolute Gasteiger partial charge is 0.325 e. The lowest BCUT2D eigenvalue weighted by Crippen LogP contribution is -2.24. The summed E-state index contributed by atoms with van der Waals surface area (Å²) in [5.41, 5.74) is 1.09. The number of nitrogens with one attached hydrogen (secondary N) is 2. The van der Waals surface area contributed by atoms with Gasteiger partial charge in [0, 0.05) is 10.6 Å². The van der Waals surface area contributed by atoms with Crippen LogP contribution in [0.15, 0.2) is 69.4 Å². The third-order valence-corrected chi connectivity index (χ3v) is 5.72. The van der Waals surface area contributed by atoms with Gasteiger partial charge in [-0.15, -0.1) is 5.10 Å². The van der Waals surface area contributed by atoms with Gasteiger partial charge in [0.15, 0.2) is 5.16 Å². The maximum Gasteiger partial charge on any atom is 0.344 e. The first-order valence-corrected chi connectivity index (χ1v) is 10.4. The molecule has 0 bridgehead atoms. The predicted octanol–water partition coefficient (Wildman–Crippen LogP) is 4.05. The van der Waals surface area contributed by atoms with Crippen LogP contribution in [0.4, 0.5) is 14.5 Å². The van der Waals surface area contributed by atoms with Crippen molar-refractivity contribution in [2.45, 2.75) is 34.5 Å². The highest BCUT2D eigenvalue weighted by atomic mass is 32.2. The van der Waals surface area contributed by atoms with E-state index in [2.05, 4.69) is 15.5 Å². The molecule has 0 spiro atoms. The first kappa shape index (κ1) is 21.1. The molecule has 3 aromatic rings. The second kappa shape index (κ2) is 9.75. The van der Waals surface area contributed by atoms with E-state index in [4.69, 9.17) is 0 Å². The van der Waals surface area contributed by atoms with Crippen LogP contribution < -0.4 is 11.0 Å². The van der Waals surface area contributed by atoms with Gasteiger partial charge >= 0.3 is 5.69 Å². The molecule has 0 fully saturated rings. The normalized spacial score (nSPS) is 12.1. The van der Waals surface area contributed by atoms with Crippen molar-refractivity contribution in [3.63, 3.8) is 0 Å². The number of alkyl halides is 2. The Hall–Kier alpha value is -2.59. The summed E-state index contributed by atoms with van der Waals surface area (Å²) in [6.45, 7) is 2.04. The Labute approximate surface area is 174 Å². The lowest BCUT2D eigenvalue weighted by molar-refractivity contribution is -0.115. The molecule has 6 nitrogen and oxygen atoms in total. The molecule has 29 heavy (non-hydrogen) atoms. The van der Waals surface area contributed by atoms with Crippen molar-refractivity contribution in [3.8, 4) is 0 Å². The number of carbonyl (C=O) groups is 1. The molecule has 1 aromatic heterocycles. The van der Waals surface area contributed by atoms with Crippen molar-refractivity contribution >= 4 is 35.1 Å². The maximum atomic E-state index is 12.5. The highest BCUT2D eigenvalue weighted by Crippen LogP contribution is 2.27. The zero-order chi connectivity index (χ0) is 20.8. The molecule has 1 heterocycles. The zero-order valence-corrected chi connectivity index (χ0v) is 17.0. The molecule has 0 aliphatic rings. The molecule has 0 radical (unpaired) electrons. The average Bonchev–Trinajstić information content (AvgIpc) is 3.03. The van der Waals surface area contributed by atoms with E-state index in [0.29, 0.717) is 34.0 Å². The number of thioether (sulfide) groups is 2. The molecule has 1 amide bonds. The lowest BCUT2D eigenvalue weighted by Gasteiger charge is -2.12. The topological polar surface area (TPSA) is 79.8 Å². The van der Waals surface area contributed by atoms with E-state index < -0.39 is 11.0 Å². The molecular formula is C19H18F2N4O2S2. The van der Waals surface area contributed by atoms with Crippen molar-refractivity contribution < 1.29 is 13.6 Å². The van der Waals surface area contributed by atoms with Crippen molar-refractivity contribution in [1.82, 2.24) is 14.8 Å². The highest BCUT2D eigenvalue weighted by Gasteiger charge is 2.19. The average molecular weight is 437 g/mol. The van der Waals surface area contributed by atoms with Crippen LogP contribution in [-0.4, -0.2) is 31.7 Å². The summed E-state index contributed by atoms with van der Waals surface area (Å²) in [7, 11) is 0. The Balaban J connectivity index is 1.63. The van der Waals surface area contributed by atoms with E-state index in [1.165, 1.54) is 16.7 Å². The fourth-order valence-corrected chi connectivity index (χ4v) is 3.83. The van der Waals surface area contributed by atoms with Crippen LogP contribution in [0, 0.1) is 0 Å². The molecule has 2 N–H and O–H groups in total. The van der Waals surface area contributed by atoms with Gasteiger partial charge in [-0.25, -0.2) is 9.89 Å². The number of aromatic nitrogens is 3. The molecular weight excluding hydrogens is 418 g/mol. The predicted molar refractivity (Wildman–Crippen MR) is 111 cm³/mol. The van der Waals surface area contributed by atoms with Gasteiger partial charge < -0.3 is 5.32 Å². The van der Waals surface area contributed by atoms with Crippen LogP contribution >= 0.6 is 23.5 Å². The summed E-state index contributed by atoms with van der Waals surface area (Å²) < 4.78 is 26.2. The molecule has 1 atom stereocenters.